The molecule has 0 saturated carbocycles. The van der Waals surface area contributed by atoms with Crippen LogP contribution in [-0.2, 0) is 12.5 Å². The number of halogens is 1. The Balaban J connectivity index is 2.11. The number of aryl methyl sites for hydroxylation is 1. The molecule has 2 aromatic carbocycles. The Hall–Kier alpha value is -1.67. The average Bonchev–Trinajstić information content (AvgIpc) is 2.45. The number of benzene rings is 2. The zero-order valence-corrected chi connectivity index (χ0v) is 11.9. The van der Waals surface area contributed by atoms with Crippen molar-refractivity contribution in [1.82, 2.24) is 0 Å². The first kappa shape index (κ1) is 13.8. The molecule has 0 radical (unpaired) electrons. The maximum Gasteiger partial charge on any atom is 0.161 e. The topological polar surface area (TPSA) is 18.5 Å². The van der Waals surface area contributed by atoms with Crippen LogP contribution in [0.5, 0.6) is 11.5 Å². The largest absolute Gasteiger partial charge is 0.493 e. The molecule has 2 aromatic rings. The van der Waals surface area contributed by atoms with Crippen LogP contribution in [-0.4, -0.2) is 7.11 Å². The third-order valence-corrected chi connectivity index (χ3v) is 3.17. The zero-order valence-electron chi connectivity index (χ0n) is 11.2. The Morgan fingerprint density at radius 1 is 1.00 bits per heavy atom. The van der Waals surface area contributed by atoms with E-state index in [4.69, 9.17) is 21.1 Å². The summed E-state index contributed by atoms with van der Waals surface area (Å²) in [5.41, 5.74) is 3.38. The van der Waals surface area contributed by atoms with Gasteiger partial charge in [0, 0.05) is 5.88 Å². The molecule has 0 saturated heterocycles. The molecule has 0 aliphatic heterocycles. The van der Waals surface area contributed by atoms with Gasteiger partial charge in [-0.3, -0.25) is 0 Å². The first-order valence-electron chi connectivity index (χ1n) is 6.14. The molecule has 2 rings (SSSR count). The number of hydrogen-bond donors (Lipinski definition) is 0. The van der Waals surface area contributed by atoms with Crippen molar-refractivity contribution in [3.63, 3.8) is 0 Å². The van der Waals surface area contributed by atoms with Gasteiger partial charge in [-0.25, -0.2) is 0 Å². The SMILES string of the molecule is COc1cc(CCl)ccc1OCc1cccc(C)c1. The van der Waals surface area contributed by atoms with E-state index in [9.17, 15) is 0 Å². The van der Waals surface area contributed by atoms with Gasteiger partial charge in [0.25, 0.3) is 0 Å². The molecule has 0 aromatic heterocycles. The lowest BCUT2D eigenvalue weighted by Gasteiger charge is -2.12. The van der Waals surface area contributed by atoms with Gasteiger partial charge in [0.1, 0.15) is 6.61 Å². The van der Waals surface area contributed by atoms with Crippen molar-refractivity contribution in [3.8, 4) is 11.5 Å². The van der Waals surface area contributed by atoms with Crippen LogP contribution < -0.4 is 9.47 Å². The van der Waals surface area contributed by atoms with Crippen LogP contribution >= 0.6 is 11.6 Å². The average molecular weight is 277 g/mol. The van der Waals surface area contributed by atoms with Crippen LogP contribution in [0.25, 0.3) is 0 Å². The van der Waals surface area contributed by atoms with Crippen LogP contribution in [0.2, 0.25) is 0 Å². The summed E-state index contributed by atoms with van der Waals surface area (Å²) < 4.78 is 11.1. The molecule has 3 heteroatoms. The maximum atomic E-state index is 5.80. The fraction of sp³-hybridized carbons (Fsp3) is 0.250. The second-order valence-corrected chi connectivity index (χ2v) is 4.66. The van der Waals surface area contributed by atoms with Gasteiger partial charge in [-0.05, 0) is 30.2 Å². The fourth-order valence-corrected chi connectivity index (χ4v) is 2.04. The molecular weight excluding hydrogens is 260 g/mol. The van der Waals surface area contributed by atoms with Crippen molar-refractivity contribution in [2.45, 2.75) is 19.4 Å². The normalized spacial score (nSPS) is 10.3. The third-order valence-electron chi connectivity index (χ3n) is 2.86. The predicted octanol–water partition coefficient (Wildman–Crippen LogP) is 4.32. The summed E-state index contributed by atoms with van der Waals surface area (Å²) in [6.07, 6.45) is 0. The molecule has 0 unspecified atom stereocenters. The quantitative estimate of drug-likeness (QED) is 0.757. The van der Waals surface area contributed by atoms with Gasteiger partial charge in [-0.15, -0.1) is 11.6 Å². The monoisotopic (exact) mass is 276 g/mol. The first-order chi connectivity index (χ1) is 9.22. The Morgan fingerprint density at radius 2 is 1.84 bits per heavy atom. The number of hydrogen-bond acceptors (Lipinski definition) is 2. The van der Waals surface area contributed by atoms with Crippen LogP contribution in [0, 0.1) is 6.92 Å². The van der Waals surface area contributed by atoms with Crippen LogP contribution in [0.15, 0.2) is 42.5 Å². The van der Waals surface area contributed by atoms with E-state index in [1.54, 1.807) is 7.11 Å². The lowest BCUT2D eigenvalue weighted by Crippen LogP contribution is -1.98. The molecule has 0 fully saturated rings. The second kappa shape index (κ2) is 6.48. The molecule has 100 valence electrons. The Bertz CT molecular complexity index is 552. The van der Waals surface area contributed by atoms with E-state index in [2.05, 4.69) is 19.1 Å². The van der Waals surface area contributed by atoms with Crippen molar-refractivity contribution in [2.75, 3.05) is 7.11 Å². The van der Waals surface area contributed by atoms with E-state index in [0.29, 0.717) is 18.2 Å². The van der Waals surface area contributed by atoms with E-state index in [1.165, 1.54) is 5.56 Å². The van der Waals surface area contributed by atoms with Gasteiger partial charge in [0.05, 0.1) is 7.11 Å². The molecule has 19 heavy (non-hydrogen) atoms. The standard InChI is InChI=1S/C16H17ClO2/c1-12-4-3-5-14(8-12)11-19-15-7-6-13(10-17)9-16(15)18-2/h3-9H,10-11H2,1-2H3. The van der Waals surface area contributed by atoms with Crippen molar-refractivity contribution in [1.29, 1.82) is 0 Å². The van der Waals surface area contributed by atoms with Gasteiger partial charge in [-0.2, -0.15) is 0 Å². The molecule has 0 bridgehead atoms. The Morgan fingerprint density at radius 3 is 2.53 bits per heavy atom. The van der Waals surface area contributed by atoms with E-state index >= 15 is 0 Å². The van der Waals surface area contributed by atoms with Crippen molar-refractivity contribution < 1.29 is 9.47 Å². The molecule has 0 spiro atoms. The van der Waals surface area contributed by atoms with Gasteiger partial charge < -0.3 is 9.47 Å². The lowest BCUT2D eigenvalue weighted by molar-refractivity contribution is 0.284. The summed E-state index contributed by atoms with van der Waals surface area (Å²) in [6, 6.07) is 14.0. The fourth-order valence-electron chi connectivity index (χ4n) is 1.88. The summed E-state index contributed by atoms with van der Waals surface area (Å²) in [5, 5.41) is 0. The molecule has 0 atom stereocenters. The summed E-state index contributed by atoms with van der Waals surface area (Å²) in [7, 11) is 1.63. The summed E-state index contributed by atoms with van der Waals surface area (Å²) in [6.45, 7) is 2.59. The van der Waals surface area contributed by atoms with Gasteiger partial charge in [-0.1, -0.05) is 35.9 Å². The van der Waals surface area contributed by atoms with Crippen LogP contribution in [0.3, 0.4) is 0 Å². The highest BCUT2D eigenvalue weighted by Gasteiger charge is 2.06. The van der Waals surface area contributed by atoms with E-state index in [0.717, 1.165) is 16.9 Å². The van der Waals surface area contributed by atoms with Crippen LogP contribution in [0.1, 0.15) is 16.7 Å². The van der Waals surface area contributed by atoms with Crippen molar-refractivity contribution in [2.24, 2.45) is 0 Å². The summed E-state index contributed by atoms with van der Waals surface area (Å²) >= 11 is 5.80. The summed E-state index contributed by atoms with van der Waals surface area (Å²) in [4.78, 5) is 0. The number of ether oxygens (including phenoxy) is 2. The maximum absolute atomic E-state index is 5.80. The number of alkyl halides is 1. The van der Waals surface area contributed by atoms with Crippen LogP contribution in [0.4, 0.5) is 0 Å². The highest BCUT2D eigenvalue weighted by atomic mass is 35.5. The molecule has 0 aliphatic rings. The molecular formula is C16H17ClO2. The Kier molecular flexibility index (Phi) is 4.69. The predicted molar refractivity (Wildman–Crippen MR) is 78.1 cm³/mol. The minimum Gasteiger partial charge on any atom is -0.493 e. The second-order valence-electron chi connectivity index (χ2n) is 4.40. The van der Waals surface area contributed by atoms with Crippen molar-refractivity contribution >= 4 is 11.6 Å². The van der Waals surface area contributed by atoms with E-state index in [1.807, 2.05) is 30.3 Å². The third kappa shape index (κ3) is 3.65. The molecule has 2 nitrogen and oxygen atoms in total. The summed E-state index contributed by atoms with van der Waals surface area (Å²) in [5.74, 6) is 1.91. The lowest BCUT2D eigenvalue weighted by atomic mass is 10.1. The molecule has 0 aliphatic carbocycles. The molecule has 0 N–H and O–H groups in total. The molecule has 0 heterocycles. The van der Waals surface area contributed by atoms with Crippen molar-refractivity contribution in [3.05, 3.63) is 59.2 Å². The van der Waals surface area contributed by atoms with Gasteiger partial charge in [0.2, 0.25) is 0 Å². The minimum absolute atomic E-state index is 0.467. The minimum atomic E-state index is 0.467. The first-order valence-corrected chi connectivity index (χ1v) is 6.67. The van der Waals surface area contributed by atoms with E-state index in [-0.39, 0.29) is 0 Å². The highest BCUT2D eigenvalue weighted by molar-refractivity contribution is 6.17. The zero-order chi connectivity index (χ0) is 13.7. The smallest absolute Gasteiger partial charge is 0.161 e. The number of rotatable bonds is 5. The molecule has 0 amide bonds. The van der Waals surface area contributed by atoms with E-state index < -0.39 is 0 Å². The van der Waals surface area contributed by atoms with Gasteiger partial charge >= 0.3 is 0 Å². The highest BCUT2D eigenvalue weighted by Crippen LogP contribution is 2.29. The van der Waals surface area contributed by atoms with Gasteiger partial charge in [0.15, 0.2) is 11.5 Å². The Labute approximate surface area is 118 Å². The number of methoxy groups -OCH3 is 1.